The number of aliphatic carboxylic acids is 1. The molecular formula is C23H34N4O7. The summed E-state index contributed by atoms with van der Waals surface area (Å²) < 4.78 is 0. The molecule has 5 atom stereocenters. The van der Waals surface area contributed by atoms with Gasteiger partial charge in [-0.05, 0) is 42.9 Å². The van der Waals surface area contributed by atoms with Crippen LogP contribution in [0.3, 0.4) is 0 Å². The first-order valence-corrected chi connectivity index (χ1v) is 11.4. The van der Waals surface area contributed by atoms with Gasteiger partial charge in [-0.1, -0.05) is 32.4 Å². The highest BCUT2D eigenvalue weighted by Crippen LogP contribution is 2.20. The zero-order chi connectivity index (χ0) is 25.4. The van der Waals surface area contributed by atoms with Crippen molar-refractivity contribution >= 4 is 23.7 Å². The van der Waals surface area contributed by atoms with E-state index in [2.05, 4.69) is 10.6 Å². The van der Waals surface area contributed by atoms with E-state index < -0.39 is 54.5 Å². The highest BCUT2D eigenvalue weighted by Gasteiger charge is 2.38. The van der Waals surface area contributed by atoms with Crippen molar-refractivity contribution in [2.24, 2.45) is 11.7 Å². The van der Waals surface area contributed by atoms with Gasteiger partial charge in [0.25, 0.3) is 0 Å². The molecule has 3 amide bonds. The first-order valence-electron chi connectivity index (χ1n) is 11.4. The molecule has 34 heavy (non-hydrogen) atoms. The second-order valence-corrected chi connectivity index (χ2v) is 8.62. The molecular weight excluding hydrogens is 444 g/mol. The summed E-state index contributed by atoms with van der Waals surface area (Å²) in [6.45, 7) is 3.06. The summed E-state index contributed by atoms with van der Waals surface area (Å²) >= 11 is 0. The molecule has 1 saturated heterocycles. The zero-order valence-corrected chi connectivity index (χ0v) is 19.4. The predicted octanol–water partition coefficient (Wildman–Crippen LogP) is -0.654. The van der Waals surface area contributed by atoms with Crippen LogP contribution in [0.5, 0.6) is 5.75 Å². The first kappa shape index (κ1) is 27.1. The topological polar surface area (TPSA) is 182 Å². The maximum Gasteiger partial charge on any atom is 0.326 e. The number of aliphatic hydroxyl groups is 1. The lowest BCUT2D eigenvalue weighted by Gasteiger charge is -2.28. The number of amides is 3. The van der Waals surface area contributed by atoms with E-state index in [9.17, 15) is 34.5 Å². The Labute approximate surface area is 198 Å². The van der Waals surface area contributed by atoms with Gasteiger partial charge in [-0.3, -0.25) is 14.4 Å². The molecule has 0 aliphatic carbocycles. The van der Waals surface area contributed by atoms with E-state index in [-0.39, 0.29) is 18.1 Å². The number of carbonyl (C=O) groups excluding carboxylic acids is 3. The Hall–Kier alpha value is -3.18. The Morgan fingerprint density at radius 3 is 2.38 bits per heavy atom. The van der Waals surface area contributed by atoms with E-state index in [0.29, 0.717) is 25.8 Å². The third kappa shape index (κ3) is 6.91. The molecule has 1 heterocycles. The second kappa shape index (κ2) is 12.3. The minimum absolute atomic E-state index is 0.0984. The van der Waals surface area contributed by atoms with E-state index in [1.165, 1.54) is 17.0 Å². The van der Waals surface area contributed by atoms with Gasteiger partial charge in [0.15, 0.2) is 0 Å². The SMILES string of the molecule is CCC(C)C(NC(=O)C(CO)NC(=O)C1CCCN1C(=O)C(N)Cc1ccc(O)cc1)C(=O)O. The van der Waals surface area contributed by atoms with Crippen molar-refractivity contribution in [3.8, 4) is 5.75 Å². The molecule has 1 aliphatic rings. The predicted molar refractivity (Wildman–Crippen MR) is 123 cm³/mol. The monoisotopic (exact) mass is 478 g/mol. The van der Waals surface area contributed by atoms with Crippen LogP contribution in [0.2, 0.25) is 0 Å². The van der Waals surface area contributed by atoms with E-state index in [1.54, 1.807) is 26.0 Å². The molecule has 1 aromatic carbocycles. The van der Waals surface area contributed by atoms with Gasteiger partial charge < -0.3 is 36.6 Å². The summed E-state index contributed by atoms with van der Waals surface area (Å²) in [6, 6.07) is 2.03. The molecule has 11 nitrogen and oxygen atoms in total. The van der Waals surface area contributed by atoms with Crippen LogP contribution in [0.25, 0.3) is 0 Å². The lowest BCUT2D eigenvalue weighted by molar-refractivity contribution is -0.144. The Balaban J connectivity index is 2.02. The molecule has 1 fully saturated rings. The Morgan fingerprint density at radius 2 is 1.82 bits per heavy atom. The van der Waals surface area contributed by atoms with E-state index in [1.807, 2.05) is 0 Å². The molecule has 188 valence electrons. The van der Waals surface area contributed by atoms with Gasteiger partial charge in [-0.2, -0.15) is 0 Å². The number of carboxylic acid groups (broad SMARTS) is 1. The maximum absolute atomic E-state index is 12.9. The number of phenolic OH excluding ortho intramolecular Hbond substituents is 1. The molecule has 7 N–H and O–H groups in total. The molecule has 1 aliphatic heterocycles. The lowest BCUT2D eigenvalue weighted by atomic mass is 9.99. The summed E-state index contributed by atoms with van der Waals surface area (Å²) in [5.41, 5.74) is 6.84. The molecule has 11 heteroatoms. The number of nitrogens with two attached hydrogens (primary N) is 1. The number of aromatic hydroxyl groups is 1. The summed E-state index contributed by atoms with van der Waals surface area (Å²) in [4.78, 5) is 51.2. The number of benzene rings is 1. The van der Waals surface area contributed by atoms with Gasteiger partial charge in [0.05, 0.1) is 12.6 Å². The summed E-state index contributed by atoms with van der Waals surface area (Å²) in [5.74, 6) is -3.31. The third-order valence-electron chi connectivity index (χ3n) is 6.14. The molecule has 0 spiro atoms. The van der Waals surface area contributed by atoms with Crippen LogP contribution in [-0.4, -0.2) is 81.2 Å². The van der Waals surface area contributed by atoms with E-state index >= 15 is 0 Å². The normalized spacial score (nSPS) is 19.1. The van der Waals surface area contributed by atoms with Crippen LogP contribution in [-0.2, 0) is 25.6 Å². The summed E-state index contributed by atoms with van der Waals surface area (Å²) in [7, 11) is 0. The molecule has 0 saturated carbocycles. The van der Waals surface area contributed by atoms with Crippen molar-refractivity contribution in [2.75, 3.05) is 13.2 Å². The fourth-order valence-electron chi connectivity index (χ4n) is 3.89. The third-order valence-corrected chi connectivity index (χ3v) is 6.14. The number of phenols is 1. The highest BCUT2D eigenvalue weighted by atomic mass is 16.4. The highest BCUT2D eigenvalue weighted by molar-refractivity contribution is 5.94. The van der Waals surface area contributed by atoms with Crippen LogP contribution < -0.4 is 16.4 Å². The Bertz CT molecular complexity index is 877. The largest absolute Gasteiger partial charge is 0.508 e. The number of nitrogens with zero attached hydrogens (tertiary/aromatic N) is 1. The van der Waals surface area contributed by atoms with Crippen LogP contribution in [0.4, 0.5) is 0 Å². The van der Waals surface area contributed by atoms with Gasteiger partial charge in [0, 0.05) is 6.54 Å². The average Bonchev–Trinajstić information content (AvgIpc) is 3.30. The molecule has 0 aromatic heterocycles. The van der Waals surface area contributed by atoms with Crippen LogP contribution in [0.1, 0.15) is 38.7 Å². The zero-order valence-electron chi connectivity index (χ0n) is 19.4. The number of rotatable bonds is 11. The van der Waals surface area contributed by atoms with Gasteiger partial charge >= 0.3 is 5.97 Å². The number of carboxylic acids is 1. The fraction of sp³-hybridized carbons (Fsp3) is 0.565. The number of hydrogen-bond acceptors (Lipinski definition) is 7. The number of likely N-dealkylation sites (tertiary alicyclic amines) is 1. The van der Waals surface area contributed by atoms with Crippen molar-refractivity contribution in [1.82, 2.24) is 15.5 Å². The van der Waals surface area contributed by atoms with Crippen molar-refractivity contribution in [1.29, 1.82) is 0 Å². The number of aliphatic hydroxyl groups excluding tert-OH is 1. The standard InChI is InChI=1S/C23H34N4O7/c1-3-13(2)19(23(33)34)26-20(30)17(12-28)25-21(31)18-5-4-10-27(18)22(32)16(24)11-14-6-8-15(29)9-7-14/h6-9,13,16-19,28-29H,3-5,10-12,24H2,1-2H3,(H,25,31)(H,26,30)(H,33,34). The van der Waals surface area contributed by atoms with Crippen LogP contribution in [0.15, 0.2) is 24.3 Å². The molecule has 0 bridgehead atoms. The minimum Gasteiger partial charge on any atom is -0.508 e. The molecule has 1 aromatic rings. The number of nitrogens with one attached hydrogen (secondary N) is 2. The van der Waals surface area contributed by atoms with Gasteiger partial charge in [0.2, 0.25) is 17.7 Å². The van der Waals surface area contributed by atoms with Crippen LogP contribution in [0, 0.1) is 5.92 Å². The average molecular weight is 479 g/mol. The van der Waals surface area contributed by atoms with Gasteiger partial charge in [-0.15, -0.1) is 0 Å². The molecule has 2 rings (SSSR count). The number of carbonyl (C=O) groups is 4. The van der Waals surface area contributed by atoms with Crippen molar-refractivity contribution in [3.05, 3.63) is 29.8 Å². The fourth-order valence-corrected chi connectivity index (χ4v) is 3.89. The maximum atomic E-state index is 12.9. The lowest BCUT2D eigenvalue weighted by Crippen LogP contribution is -2.58. The quantitative estimate of drug-likeness (QED) is 0.242. The Morgan fingerprint density at radius 1 is 1.18 bits per heavy atom. The van der Waals surface area contributed by atoms with Crippen molar-refractivity contribution < 1.29 is 34.5 Å². The minimum atomic E-state index is -1.36. The molecule has 0 radical (unpaired) electrons. The summed E-state index contributed by atoms with van der Waals surface area (Å²) in [5, 5.41) is 33.2. The van der Waals surface area contributed by atoms with Crippen molar-refractivity contribution in [3.63, 3.8) is 0 Å². The smallest absolute Gasteiger partial charge is 0.326 e. The van der Waals surface area contributed by atoms with Crippen molar-refractivity contribution in [2.45, 2.75) is 63.7 Å². The number of hydrogen-bond donors (Lipinski definition) is 6. The van der Waals surface area contributed by atoms with Crippen LogP contribution >= 0.6 is 0 Å². The van der Waals surface area contributed by atoms with E-state index in [0.717, 1.165) is 5.56 Å². The van der Waals surface area contributed by atoms with Gasteiger partial charge in [-0.25, -0.2) is 4.79 Å². The van der Waals surface area contributed by atoms with E-state index in [4.69, 9.17) is 5.73 Å². The second-order valence-electron chi connectivity index (χ2n) is 8.62. The Kier molecular flexibility index (Phi) is 9.82. The summed E-state index contributed by atoms with van der Waals surface area (Å²) in [6.07, 6.45) is 1.67. The van der Waals surface area contributed by atoms with Gasteiger partial charge in [0.1, 0.15) is 23.9 Å². The first-order chi connectivity index (χ1) is 16.1. The molecule has 5 unspecified atom stereocenters.